The van der Waals surface area contributed by atoms with Gasteiger partial charge in [-0.3, -0.25) is 9.59 Å². The first-order valence-corrected chi connectivity index (χ1v) is 10.5. The molecule has 2 N–H and O–H groups in total. The summed E-state index contributed by atoms with van der Waals surface area (Å²) in [5.74, 6) is -0.396. The predicted molar refractivity (Wildman–Crippen MR) is 127 cm³/mol. The van der Waals surface area contributed by atoms with Crippen LogP contribution in [-0.4, -0.2) is 25.9 Å². The lowest BCUT2D eigenvalue weighted by Gasteiger charge is -2.20. The summed E-state index contributed by atoms with van der Waals surface area (Å²) in [6.07, 6.45) is 0.924. The first kappa shape index (κ1) is 22.1. The normalized spacial score (nSPS) is 11.5. The lowest BCUT2D eigenvalue weighted by atomic mass is 10.1. The van der Waals surface area contributed by atoms with Crippen LogP contribution in [-0.2, 0) is 6.42 Å². The fraction of sp³-hybridized carbons (Fsp3) is 0.231. The number of hydrogen-bond acceptors (Lipinski definition) is 3. The molecular weight excluding hydrogens is 386 g/mol. The van der Waals surface area contributed by atoms with Gasteiger partial charge in [0.15, 0.2) is 0 Å². The summed E-state index contributed by atoms with van der Waals surface area (Å²) >= 11 is 0. The summed E-state index contributed by atoms with van der Waals surface area (Å²) in [6.45, 7) is 4.03. The van der Waals surface area contributed by atoms with E-state index in [0.29, 0.717) is 16.8 Å². The Balaban J connectivity index is 1.81. The van der Waals surface area contributed by atoms with E-state index < -0.39 is 0 Å². The Hall–Kier alpha value is -3.60. The van der Waals surface area contributed by atoms with Gasteiger partial charge in [-0.25, -0.2) is 0 Å². The highest BCUT2D eigenvalue weighted by atomic mass is 16.2. The summed E-state index contributed by atoms with van der Waals surface area (Å²) in [7, 11) is 3.78. The summed E-state index contributed by atoms with van der Waals surface area (Å²) in [5.41, 5.74) is 4.65. The molecule has 2 amide bonds. The van der Waals surface area contributed by atoms with Crippen molar-refractivity contribution >= 4 is 23.2 Å². The number of aryl methyl sites for hydroxylation is 1. The molecule has 0 heterocycles. The van der Waals surface area contributed by atoms with E-state index in [-0.39, 0.29) is 17.9 Å². The van der Waals surface area contributed by atoms with Crippen molar-refractivity contribution in [3.63, 3.8) is 0 Å². The molecule has 160 valence electrons. The minimum atomic E-state index is -0.204. The molecule has 5 heteroatoms. The minimum absolute atomic E-state index is 0.140. The Labute approximate surface area is 184 Å². The summed E-state index contributed by atoms with van der Waals surface area (Å²) in [4.78, 5) is 27.6. The monoisotopic (exact) mass is 415 g/mol. The minimum Gasteiger partial charge on any atom is -0.377 e. The molecule has 3 aromatic carbocycles. The third kappa shape index (κ3) is 5.51. The molecule has 0 saturated heterocycles. The fourth-order valence-electron chi connectivity index (χ4n) is 3.38. The van der Waals surface area contributed by atoms with Gasteiger partial charge in [-0.15, -0.1) is 0 Å². The zero-order valence-corrected chi connectivity index (χ0v) is 18.5. The van der Waals surface area contributed by atoms with Gasteiger partial charge in [0, 0.05) is 31.0 Å². The van der Waals surface area contributed by atoms with E-state index in [0.717, 1.165) is 17.7 Å². The van der Waals surface area contributed by atoms with Crippen molar-refractivity contribution in [2.75, 3.05) is 24.3 Å². The largest absolute Gasteiger partial charge is 0.377 e. The zero-order valence-electron chi connectivity index (χ0n) is 18.5. The third-order valence-electron chi connectivity index (χ3n) is 5.25. The van der Waals surface area contributed by atoms with E-state index in [1.54, 1.807) is 6.07 Å². The van der Waals surface area contributed by atoms with Gasteiger partial charge in [0.05, 0.1) is 11.6 Å². The predicted octanol–water partition coefficient (Wildman–Crippen LogP) is 5.06. The summed E-state index contributed by atoms with van der Waals surface area (Å²) in [5, 5.41) is 5.96. The van der Waals surface area contributed by atoms with Crippen LogP contribution in [0.2, 0.25) is 0 Å². The van der Waals surface area contributed by atoms with E-state index in [4.69, 9.17) is 0 Å². The second-order valence-electron chi connectivity index (χ2n) is 7.74. The van der Waals surface area contributed by atoms with Crippen molar-refractivity contribution in [2.24, 2.45) is 0 Å². The van der Waals surface area contributed by atoms with E-state index >= 15 is 0 Å². The van der Waals surface area contributed by atoms with E-state index in [2.05, 4.69) is 17.6 Å². The molecule has 0 aromatic heterocycles. The zero-order chi connectivity index (χ0) is 22.4. The number of nitrogens with zero attached hydrogens (tertiary/aromatic N) is 1. The number of carbonyl (C=O) groups is 2. The first-order chi connectivity index (χ1) is 14.9. The molecule has 0 radical (unpaired) electrons. The highest BCUT2D eigenvalue weighted by Crippen LogP contribution is 2.24. The number of anilines is 2. The molecule has 0 bridgehead atoms. The lowest BCUT2D eigenvalue weighted by molar-refractivity contribution is 0.0939. The highest BCUT2D eigenvalue weighted by Gasteiger charge is 2.17. The van der Waals surface area contributed by atoms with Gasteiger partial charge in [0.1, 0.15) is 0 Å². The van der Waals surface area contributed by atoms with Crippen molar-refractivity contribution in [3.8, 4) is 0 Å². The summed E-state index contributed by atoms with van der Waals surface area (Å²) in [6, 6.07) is 22.6. The van der Waals surface area contributed by atoms with Crippen molar-refractivity contribution in [1.82, 2.24) is 5.32 Å². The van der Waals surface area contributed by atoms with Gasteiger partial charge >= 0.3 is 0 Å². The molecule has 0 aliphatic carbocycles. The number of benzene rings is 3. The van der Waals surface area contributed by atoms with Crippen LogP contribution >= 0.6 is 0 Å². The fourth-order valence-corrected chi connectivity index (χ4v) is 3.38. The number of nitrogens with one attached hydrogen (secondary N) is 2. The van der Waals surface area contributed by atoms with E-state index in [1.807, 2.05) is 92.6 Å². The lowest BCUT2D eigenvalue weighted by Crippen LogP contribution is -2.28. The van der Waals surface area contributed by atoms with Crippen LogP contribution in [0.3, 0.4) is 0 Å². The number of rotatable bonds is 7. The van der Waals surface area contributed by atoms with Gasteiger partial charge in [0.2, 0.25) is 0 Å². The van der Waals surface area contributed by atoms with Crippen LogP contribution in [0.15, 0.2) is 72.8 Å². The number of amides is 2. The van der Waals surface area contributed by atoms with Gasteiger partial charge in [-0.05, 0) is 54.8 Å². The Morgan fingerprint density at radius 3 is 2.19 bits per heavy atom. The Kier molecular flexibility index (Phi) is 7.08. The SMILES string of the molecule is CCc1ccc(C(=O)Nc2ccc(N(C)C)c(C(=O)N[C@@H](C)c3ccccc3)c2)cc1. The van der Waals surface area contributed by atoms with Gasteiger partial charge in [0.25, 0.3) is 11.8 Å². The first-order valence-electron chi connectivity index (χ1n) is 10.5. The molecule has 3 aromatic rings. The Morgan fingerprint density at radius 2 is 1.58 bits per heavy atom. The Morgan fingerprint density at radius 1 is 0.903 bits per heavy atom. The third-order valence-corrected chi connectivity index (χ3v) is 5.25. The van der Waals surface area contributed by atoms with Crippen LogP contribution in [0.4, 0.5) is 11.4 Å². The molecule has 31 heavy (non-hydrogen) atoms. The molecule has 1 atom stereocenters. The van der Waals surface area contributed by atoms with Crippen LogP contribution in [0.25, 0.3) is 0 Å². The second kappa shape index (κ2) is 9.94. The molecule has 0 spiro atoms. The second-order valence-corrected chi connectivity index (χ2v) is 7.74. The molecular formula is C26H29N3O2. The maximum absolute atomic E-state index is 13.1. The topological polar surface area (TPSA) is 61.4 Å². The maximum atomic E-state index is 13.1. The van der Waals surface area contributed by atoms with Gasteiger partial charge in [-0.1, -0.05) is 49.4 Å². The average molecular weight is 416 g/mol. The quantitative estimate of drug-likeness (QED) is 0.567. The van der Waals surface area contributed by atoms with Crippen LogP contribution in [0.5, 0.6) is 0 Å². The smallest absolute Gasteiger partial charge is 0.255 e. The molecule has 0 fully saturated rings. The molecule has 0 unspecified atom stereocenters. The molecule has 0 saturated carbocycles. The molecule has 3 rings (SSSR count). The number of carbonyl (C=O) groups excluding carboxylic acids is 2. The molecule has 0 aliphatic rings. The number of hydrogen-bond donors (Lipinski definition) is 2. The van der Waals surface area contributed by atoms with Gasteiger partial charge in [-0.2, -0.15) is 0 Å². The average Bonchev–Trinajstić information content (AvgIpc) is 2.79. The van der Waals surface area contributed by atoms with Crippen LogP contribution in [0.1, 0.15) is 51.7 Å². The van der Waals surface area contributed by atoms with E-state index in [1.165, 1.54) is 5.56 Å². The Bertz CT molecular complexity index is 1040. The van der Waals surface area contributed by atoms with Crippen molar-refractivity contribution in [1.29, 1.82) is 0 Å². The van der Waals surface area contributed by atoms with E-state index in [9.17, 15) is 9.59 Å². The molecule has 0 aliphatic heterocycles. The standard InChI is InChI=1S/C26H29N3O2/c1-5-19-11-13-21(14-12-19)25(30)28-22-15-16-24(29(3)4)23(17-22)26(31)27-18(2)20-9-7-6-8-10-20/h6-18H,5H2,1-4H3,(H,27,31)(H,28,30)/t18-/m0/s1. The van der Waals surface area contributed by atoms with Crippen LogP contribution in [0, 0.1) is 0 Å². The van der Waals surface area contributed by atoms with Crippen molar-refractivity contribution in [2.45, 2.75) is 26.3 Å². The molecule has 5 nitrogen and oxygen atoms in total. The summed E-state index contributed by atoms with van der Waals surface area (Å²) < 4.78 is 0. The van der Waals surface area contributed by atoms with Crippen molar-refractivity contribution < 1.29 is 9.59 Å². The maximum Gasteiger partial charge on any atom is 0.255 e. The van der Waals surface area contributed by atoms with Crippen LogP contribution < -0.4 is 15.5 Å². The highest BCUT2D eigenvalue weighted by molar-refractivity contribution is 6.06. The van der Waals surface area contributed by atoms with Gasteiger partial charge < -0.3 is 15.5 Å². The van der Waals surface area contributed by atoms with Crippen molar-refractivity contribution in [3.05, 3.63) is 95.1 Å².